The lowest BCUT2D eigenvalue weighted by Gasteiger charge is -2.31. The van der Waals surface area contributed by atoms with Crippen LogP contribution in [0.2, 0.25) is 0 Å². The van der Waals surface area contributed by atoms with Gasteiger partial charge >= 0.3 is 0 Å². The van der Waals surface area contributed by atoms with Crippen LogP contribution in [0.5, 0.6) is 0 Å². The fraction of sp³-hybridized carbons (Fsp3) is 0.476. The van der Waals surface area contributed by atoms with Crippen LogP contribution in [0.3, 0.4) is 0 Å². The number of fused-ring (bicyclic) bond motifs is 1. The Hall–Kier alpha value is -1.43. The maximum atomic E-state index is 12.6. The monoisotopic (exact) mass is 387 g/mol. The Morgan fingerprint density at radius 3 is 2.96 bits per heavy atom. The highest BCUT2D eigenvalue weighted by molar-refractivity contribution is 7.10. The normalized spacial score (nSPS) is 22.5. The quantitative estimate of drug-likeness (QED) is 0.733. The Labute approximate surface area is 163 Å². The van der Waals surface area contributed by atoms with Crippen molar-refractivity contribution < 1.29 is 9.69 Å². The lowest BCUT2D eigenvalue weighted by atomic mass is 9.97. The van der Waals surface area contributed by atoms with Crippen LogP contribution < -0.4 is 10.2 Å². The molecule has 26 heavy (non-hydrogen) atoms. The lowest BCUT2D eigenvalue weighted by molar-refractivity contribution is -0.919. The van der Waals surface area contributed by atoms with Crippen molar-refractivity contribution in [2.45, 2.75) is 44.6 Å². The van der Waals surface area contributed by atoms with Gasteiger partial charge in [-0.3, -0.25) is 4.79 Å². The molecule has 0 fully saturated rings. The van der Waals surface area contributed by atoms with Crippen LogP contribution in [-0.4, -0.2) is 25.5 Å². The van der Waals surface area contributed by atoms with E-state index in [0.29, 0.717) is 12.6 Å². The van der Waals surface area contributed by atoms with Gasteiger partial charge in [-0.1, -0.05) is 17.7 Å². The molecule has 0 aromatic carbocycles. The molecule has 0 spiro atoms. The number of quaternary nitrogens is 1. The van der Waals surface area contributed by atoms with E-state index in [1.165, 1.54) is 51.5 Å². The minimum Gasteiger partial charge on any atom is -0.351 e. The molecule has 2 aromatic heterocycles. The van der Waals surface area contributed by atoms with E-state index < -0.39 is 0 Å². The molecule has 3 nitrogen and oxygen atoms in total. The van der Waals surface area contributed by atoms with Crippen LogP contribution in [0, 0.1) is 0 Å². The third kappa shape index (κ3) is 4.11. The number of carbonyl (C=O) groups is 1. The maximum Gasteiger partial charge on any atom is 0.275 e. The minimum absolute atomic E-state index is 0.191. The number of hydrogen-bond donors (Lipinski definition) is 2. The van der Waals surface area contributed by atoms with Gasteiger partial charge in [0.2, 0.25) is 0 Å². The first-order chi connectivity index (χ1) is 12.8. The molecular formula is C21H27N2OS2+. The highest BCUT2D eigenvalue weighted by Gasteiger charge is 2.34. The van der Waals surface area contributed by atoms with Crippen molar-refractivity contribution in [3.8, 4) is 0 Å². The molecule has 4 rings (SSSR count). The zero-order valence-electron chi connectivity index (χ0n) is 15.1. The van der Waals surface area contributed by atoms with Crippen LogP contribution >= 0.6 is 22.7 Å². The molecule has 5 heteroatoms. The molecular weight excluding hydrogens is 360 g/mol. The molecule has 2 N–H and O–H groups in total. The van der Waals surface area contributed by atoms with Gasteiger partial charge in [-0.2, -0.15) is 0 Å². The standard InChI is InChI=1S/C21H26N2OS2/c24-20(22-11-8-16-5-2-1-3-6-16)15-23-12-9-18-17(10-14-26-18)21(23)19-7-4-13-25-19/h4-5,7,10,13-14,21H,1-3,6,8-9,11-12,15H2,(H,22,24)/p+1/t21-/m1/s1. The van der Waals surface area contributed by atoms with E-state index in [1.54, 1.807) is 0 Å². The third-order valence-electron chi connectivity index (χ3n) is 5.54. The highest BCUT2D eigenvalue weighted by Crippen LogP contribution is 2.31. The number of nitrogens with one attached hydrogen (secondary N) is 2. The first-order valence-corrected chi connectivity index (χ1v) is 11.5. The van der Waals surface area contributed by atoms with Gasteiger partial charge in [0, 0.05) is 23.4 Å². The topological polar surface area (TPSA) is 33.5 Å². The second kappa shape index (κ2) is 8.51. The minimum atomic E-state index is 0.191. The molecule has 0 saturated heterocycles. The summed E-state index contributed by atoms with van der Waals surface area (Å²) in [5, 5.41) is 7.51. The summed E-state index contributed by atoms with van der Waals surface area (Å²) in [6.07, 6.45) is 9.54. The molecule has 0 saturated carbocycles. The van der Waals surface area contributed by atoms with Gasteiger partial charge in [-0.25, -0.2) is 0 Å². The summed E-state index contributed by atoms with van der Waals surface area (Å²) >= 11 is 3.67. The molecule has 138 valence electrons. The molecule has 2 aliphatic rings. The fourth-order valence-electron chi connectivity index (χ4n) is 4.21. The van der Waals surface area contributed by atoms with Gasteiger partial charge in [0.25, 0.3) is 5.91 Å². The molecule has 1 aliphatic heterocycles. The van der Waals surface area contributed by atoms with E-state index in [-0.39, 0.29) is 5.91 Å². The summed E-state index contributed by atoms with van der Waals surface area (Å²) in [7, 11) is 0. The van der Waals surface area contributed by atoms with Crippen LogP contribution in [0.1, 0.15) is 53.5 Å². The molecule has 1 amide bonds. The predicted molar refractivity (Wildman–Crippen MR) is 109 cm³/mol. The van der Waals surface area contributed by atoms with E-state index in [1.807, 2.05) is 22.7 Å². The average molecular weight is 388 g/mol. The Kier molecular flexibility index (Phi) is 5.88. The lowest BCUT2D eigenvalue weighted by Crippen LogP contribution is -3.14. The van der Waals surface area contributed by atoms with E-state index in [0.717, 1.165) is 25.9 Å². The van der Waals surface area contributed by atoms with Gasteiger partial charge < -0.3 is 10.2 Å². The van der Waals surface area contributed by atoms with Gasteiger partial charge in [-0.15, -0.1) is 22.7 Å². The van der Waals surface area contributed by atoms with Crippen molar-refractivity contribution >= 4 is 28.6 Å². The summed E-state index contributed by atoms with van der Waals surface area (Å²) < 4.78 is 0. The maximum absolute atomic E-state index is 12.6. The highest BCUT2D eigenvalue weighted by atomic mass is 32.1. The van der Waals surface area contributed by atoms with Crippen LogP contribution in [0.4, 0.5) is 0 Å². The summed E-state index contributed by atoms with van der Waals surface area (Å²) in [5.74, 6) is 0.191. The number of rotatable bonds is 6. The van der Waals surface area contributed by atoms with Crippen molar-refractivity contribution in [3.05, 3.63) is 55.9 Å². The second-order valence-electron chi connectivity index (χ2n) is 7.29. The van der Waals surface area contributed by atoms with Gasteiger partial charge in [0.05, 0.1) is 11.4 Å². The first-order valence-electron chi connectivity index (χ1n) is 9.70. The molecule has 1 unspecified atom stereocenters. The number of allylic oxidation sites excluding steroid dienone is 1. The summed E-state index contributed by atoms with van der Waals surface area (Å²) in [6.45, 7) is 2.39. The van der Waals surface area contributed by atoms with Crippen molar-refractivity contribution in [2.24, 2.45) is 0 Å². The Balaban J connectivity index is 1.37. The van der Waals surface area contributed by atoms with Crippen molar-refractivity contribution in [1.29, 1.82) is 0 Å². The fourth-order valence-corrected chi connectivity index (χ4v) is 6.03. The summed E-state index contributed by atoms with van der Waals surface area (Å²) in [4.78, 5) is 16.8. The van der Waals surface area contributed by atoms with Crippen LogP contribution in [0.15, 0.2) is 40.6 Å². The first kappa shape index (κ1) is 18.0. The van der Waals surface area contributed by atoms with E-state index >= 15 is 0 Å². The molecule has 1 aliphatic carbocycles. The van der Waals surface area contributed by atoms with E-state index in [9.17, 15) is 4.79 Å². The summed E-state index contributed by atoms with van der Waals surface area (Å²) in [6, 6.07) is 6.92. The van der Waals surface area contributed by atoms with Crippen molar-refractivity contribution in [1.82, 2.24) is 5.32 Å². The zero-order valence-corrected chi connectivity index (χ0v) is 16.8. The summed E-state index contributed by atoms with van der Waals surface area (Å²) in [5.41, 5.74) is 2.96. The Morgan fingerprint density at radius 2 is 2.15 bits per heavy atom. The average Bonchev–Trinajstić information content (AvgIpc) is 3.34. The molecule has 0 radical (unpaired) electrons. The van der Waals surface area contributed by atoms with Gasteiger partial charge in [-0.05, 0) is 55.0 Å². The van der Waals surface area contributed by atoms with Crippen LogP contribution in [0.25, 0.3) is 0 Å². The van der Waals surface area contributed by atoms with E-state index in [4.69, 9.17) is 0 Å². The molecule has 2 atom stereocenters. The smallest absolute Gasteiger partial charge is 0.275 e. The van der Waals surface area contributed by atoms with Crippen molar-refractivity contribution in [2.75, 3.05) is 19.6 Å². The molecule has 3 heterocycles. The number of amides is 1. The van der Waals surface area contributed by atoms with Crippen LogP contribution in [-0.2, 0) is 11.2 Å². The predicted octanol–water partition coefficient (Wildman–Crippen LogP) is 3.35. The number of carbonyl (C=O) groups excluding carboxylic acids is 1. The molecule has 0 bridgehead atoms. The molecule has 2 aromatic rings. The third-order valence-corrected chi connectivity index (χ3v) is 7.47. The largest absolute Gasteiger partial charge is 0.351 e. The number of thiophene rings is 2. The van der Waals surface area contributed by atoms with Gasteiger partial charge in [0.1, 0.15) is 6.04 Å². The van der Waals surface area contributed by atoms with Crippen molar-refractivity contribution in [3.63, 3.8) is 0 Å². The van der Waals surface area contributed by atoms with Gasteiger partial charge in [0.15, 0.2) is 6.54 Å². The SMILES string of the molecule is O=C(C[NH+]1CCc2sccc2[C@@H]1c1cccs1)NCCC1=CCCCC1. The number of hydrogen-bond acceptors (Lipinski definition) is 3. The Bertz CT molecular complexity index is 763. The second-order valence-corrected chi connectivity index (χ2v) is 9.27. The zero-order chi connectivity index (χ0) is 17.8. The Morgan fingerprint density at radius 1 is 1.19 bits per heavy atom. The van der Waals surface area contributed by atoms with E-state index in [2.05, 4.69) is 40.4 Å².